The number of aromatic nitrogens is 1. The molecule has 0 fully saturated rings. The fourth-order valence-electron chi connectivity index (χ4n) is 3.32. The van der Waals surface area contributed by atoms with E-state index in [1.54, 1.807) is 24.3 Å². The number of benzene rings is 2. The first-order valence-corrected chi connectivity index (χ1v) is 10.0. The molecule has 3 aromatic rings. The Morgan fingerprint density at radius 1 is 1.07 bits per heavy atom. The highest BCUT2D eigenvalue weighted by Crippen LogP contribution is 2.21. The zero-order valence-electron chi connectivity index (χ0n) is 17.2. The van der Waals surface area contributed by atoms with Crippen LogP contribution in [0.1, 0.15) is 38.3 Å². The molecule has 158 valence electrons. The van der Waals surface area contributed by atoms with Crippen molar-refractivity contribution < 1.29 is 18.7 Å². The molecule has 30 heavy (non-hydrogen) atoms. The maximum Gasteiger partial charge on any atom is 0.419 e. The molecule has 2 aromatic carbocycles. The zero-order chi connectivity index (χ0) is 21.5. The first kappa shape index (κ1) is 21.4. The molecular weight excluding hydrogens is 384 g/mol. The van der Waals surface area contributed by atoms with E-state index in [1.807, 2.05) is 30.3 Å². The number of nitrogens with zero attached hydrogens (tertiary/aromatic N) is 1. The van der Waals surface area contributed by atoms with Gasteiger partial charge in [-0.2, -0.15) is 0 Å². The van der Waals surface area contributed by atoms with Crippen LogP contribution >= 0.6 is 0 Å². The van der Waals surface area contributed by atoms with Crippen LogP contribution in [0.15, 0.2) is 63.8 Å². The van der Waals surface area contributed by atoms with Gasteiger partial charge in [0.05, 0.1) is 18.0 Å². The molecule has 0 bridgehead atoms. The molecule has 1 aromatic heterocycles. The van der Waals surface area contributed by atoms with Crippen molar-refractivity contribution in [1.29, 1.82) is 0 Å². The molecule has 1 amide bonds. The number of amides is 1. The average molecular weight is 410 g/mol. The highest BCUT2D eigenvalue weighted by Gasteiger charge is 2.17. The number of fused-ring (bicyclic) bond motifs is 1. The number of oxazole rings is 1. The number of carbonyl (C=O) groups is 2. The minimum atomic E-state index is -0.553. The summed E-state index contributed by atoms with van der Waals surface area (Å²) in [7, 11) is 0. The van der Waals surface area contributed by atoms with Gasteiger partial charge in [0.25, 0.3) is 5.91 Å². The first-order valence-electron chi connectivity index (χ1n) is 10.0. The Bertz CT molecular complexity index is 1050. The standard InChI is InChI=1S/C23H26N2O5/c1-16(2)14-18(17-8-4-3-5-9-17)24-21(26)15-29-22(27)12-13-25-19-10-6-7-11-20(19)30-23(25)28/h3-11,16,18H,12-15H2,1-2H3,(H,24,26)/t18-/m1/s1. The lowest BCUT2D eigenvalue weighted by Gasteiger charge is -2.21. The molecule has 0 unspecified atom stereocenters. The SMILES string of the molecule is CC(C)C[C@@H](NC(=O)COC(=O)CCn1c(=O)oc2ccccc21)c1ccccc1. The number of aryl methyl sites for hydroxylation is 1. The Hall–Kier alpha value is -3.35. The van der Waals surface area contributed by atoms with E-state index < -0.39 is 11.7 Å². The van der Waals surface area contributed by atoms with Gasteiger partial charge in [-0.1, -0.05) is 56.3 Å². The van der Waals surface area contributed by atoms with Crippen molar-refractivity contribution in [3.05, 3.63) is 70.7 Å². The van der Waals surface area contributed by atoms with Gasteiger partial charge in [-0.25, -0.2) is 4.79 Å². The number of para-hydroxylation sites is 2. The lowest BCUT2D eigenvalue weighted by atomic mass is 9.97. The summed E-state index contributed by atoms with van der Waals surface area (Å²) in [6, 6.07) is 16.6. The molecule has 1 heterocycles. The van der Waals surface area contributed by atoms with E-state index in [9.17, 15) is 14.4 Å². The van der Waals surface area contributed by atoms with Crippen LogP contribution in [0, 0.1) is 5.92 Å². The van der Waals surface area contributed by atoms with Crippen LogP contribution in [-0.2, 0) is 20.9 Å². The van der Waals surface area contributed by atoms with E-state index in [0.717, 1.165) is 12.0 Å². The normalized spacial score (nSPS) is 12.1. The Morgan fingerprint density at radius 3 is 2.50 bits per heavy atom. The molecule has 1 N–H and O–H groups in total. The summed E-state index contributed by atoms with van der Waals surface area (Å²) in [6.45, 7) is 3.94. The Labute approximate surface area is 174 Å². The highest BCUT2D eigenvalue weighted by atomic mass is 16.5. The van der Waals surface area contributed by atoms with Crippen molar-refractivity contribution in [2.45, 2.75) is 39.3 Å². The number of nitrogens with one attached hydrogen (secondary N) is 1. The molecule has 0 spiro atoms. The molecule has 7 heteroatoms. The van der Waals surface area contributed by atoms with Crippen LogP contribution in [0.4, 0.5) is 0 Å². The van der Waals surface area contributed by atoms with Gasteiger partial charge in [0, 0.05) is 6.54 Å². The van der Waals surface area contributed by atoms with Crippen molar-refractivity contribution in [3.8, 4) is 0 Å². The fraction of sp³-hybridized carbons (Fsp3) is 0.348. The number of esters is 1. The third-order valence-electron chi connectivity index (χ3n) is 4.72. The van der Waals surface area contributed by atoms with E-state index in [4.69, 9.17) is 9.15 Å². The Morgan fingerprint density at radius 2 is 1.77 bits per heavy atom. The molecule has 0 aliphatic heterocycles. The third kappa shape index (κ3) is 5.59. The van der Waals surface area contributed by atoms with E-state index >= 15 is 0 Å². The Balaban J connectivity index is 1.51. The van der Waals surface area contributed by atoms with Gasteiger partial charge in [0.1, 0.15) is 0 Å². The van der Waals surface area contributed by atoms with Gasteiger partial charge in [0.2, 0.25) is 0 Å². The second kappa shape index (κ2) is 9.91. The first-order chi connectivity index (χ1) is 14.4. The summed E-state index contributed by atoms with van der Waals surface area (Å²) in [5.74, 6) is -1.05. The summed E-state index contributed by atoms with van der Waals surface area (Å²) in [6.07, 6.45) is 0.741. The monoisotopic (exact) mass is 410 g/mol. The molecule has 3 rings (SSSR count). The summed E-state index contributed by atoms with van der Waals surface area (Å²) < 4.78 is 11.6. The van der Waals surface area contributed by atoms with Crippen molar-refractivity contribution in [2.75, 3.05) is 6.61 Å². The smallest absolute Gasteiger partial charge is 0.419 e. The predicted octanol–water partition coefficient (Wildman–Crippen LogP) is 3.43. The van der Waals surface area contributed by atoms with E-state index in [1.165, 1.54) is 4.57 Å². The molecular formula is C23H26N2O5. The largest absolute Gasteiger partial charge is 0.456 e. The van der Waals surface area contributed by atoms with Crippen LogP contribution in [0.2, 0.25) is 0 Å². The highest BCUT2D eigenvalue weighted by molar-refractivity contribution is 5.81. The summed E-state index contributed by atoms with van der Waals surface area (Å²) in [4.78, 5) is 36.3. The van der Waals surface area contributed by atoms with Crippen LogP contribution in [-0.4, -0.2) is 23.1 Å². The summed E-state index contributed by atoms with van der Waals surface area (Å²) in [5.41, 5.74) is 2.09. The maximum absolute atomic E-state index is 12.3. The zero-order valence-corrected chi connectivity index (χ0v) is 17.2. The van der Waals surface area contributed by atoms with Gasteiger partial charge in [-0.05, 0) is 30.0 Å². The third-order valence-corrected chi connectivity index (χ3v) is 4.72. The second-order valence-electron chi connectivity index (χ2n) is 7.56. The van der Waals surface area contributed by atoms with Crippen molar-refractivity contribution >= 4 is 23.0 Å². The summed E-state index contributed by atoms with van der Waals surface area (Å²) >= 11 is 0. The van der Waals surface area contributed by atoms with Gasteiger partial charge < -0.3 is 14.5 Å². The minimum absolute atomic E-state index is 0.0369. The number of carbonyl (C=O) groups excluding carboxylic acids is 2. The van der Waals surface area contributed by atoms with E-state index in [0.29, 0.717) is 17.0 Å². The van der Waals surface area contributed by atoms with Crippen LogP contribution < -0.4 is 11.1 Å². The van der Waals surface area contributed by atoms with E-state index in [2.05, 4.69) is 19.2 Å². The maximum atomic E-state index is 12.3. The van der Waals surface area contributed by atoms with Crippen LogP contribution in [0.25, 0.3) is 11.1 Å². The molecule has 7 nitrogen and oxygen atoms in total. The quantitative estimate of drug-likeness (QED) is 0.546. The number of hydrogen-bond acceptors (Lipinski definition) is 5. The van der Waals surface area contributed by atoms with Gasteiger partial charge in [-0.15, -0.1) is 0 Å². The van der Waals surface area contributed by atoms with Crippen molar-refractivity contribution in [1.82, 2.24) is 9.88 Å². The number of rotatable bonds is 9. The predicted molar refractivity (Wildman–Crippen MR) is 113 cm³/mol. The average Bonchev–Trinajstić information content (AvgIpc) is 3.05. The number of ether oxygens (including phenoxy) is 1. The van der Waals surface area contributed by atoms with E-state index in [-0.39, 0.29) is 31.5 Å². The summed E-state index contributed by atoms with van der Waals surface area (Å²) in [5, 5.41) is 2.94. The van der Waals surface area contributed by atoms with Crippen molar-refractivity contribution in [3.63, 3.8) is 0 Å². The van der Waals surface area contributed by atoms with Crippen molar-refractivity contribution in [2.24, 2.45) is 5.92 Å². The Kier molecular flexibility index (Phi) is 7.06. The lowest BCUT2D eigenvalue weighted by Crippen LogP contribution is -2.33. The fourth-order valence-corrected chi connectivity index (χ4v) is 3.32. The topological polar surface area (TPSA) is 90.5 Å². The van der Waals surface area contributed by atoms with Crippen LogP contribution in [0.3, 0.4) is 0 Å². The van der Waals surface area contributed by atoms with Gasteiger partial charge in [0.15, 0.2) is 12.2 Å². The molecule has 0 aliphatic rings. The van der Waals surface area contributed by atoms with Crippen LogP contribution in [0.5, 0.6) is 0 Å². The second-order valence-corrected chi connectivity index (χ2v) is 7.56. The minimum Gasteiger partial charge on any atom is -0.456 e. The van der Waals surface area contributed by atoms with Gasteiger partial charge in [-0.3, -0.25) is 14.2 Å². The number of hydrogen-bond donors (Lipinski definition) is 1. The molecule has 0 radical (unpaired) electrons. The molecule has 0 saturated carbocycles. The van der Waals surface area contributed by atoms with Gasteiger partial charge >= 0.3 is 11.7 Å². The molecule has 0 saturated heterocycles. The molecule has 0 aliphatic carbocycles. The lowest BCUT2D eigenvalue weighted by molar-refractivity contribution is -0.149. The molecule has 1 atom stereocenters.